The molecule has 0 bridgehead atoms. The van der Waals surface area contributed by atoms with Gasteiger partial charge in [0, 0.05) is 17.7 Å². The highest BCUT2D eigenvalue weighted by Gasteiger charge is 2.19. The van der Waals surface area contributed by atoms with Crippen LogP contribution in [-0.4, -0.2) is 23.4 Å². The summed E-state index contributed by atoms with van der Waals surface area (Å²) < 4.78 is 18.1. The Morgan fingerprint density at radius 2 is 2.07 bits per heavy atom. The van der Waals surface area contributed by atoms with Gasteiger partial charge < -0.3 is 20.7 Å². The van der Waals surface area contributed by atoms with Crippen LogP contribution in [0.4, 0.5) is 4.39 Å². The van der Waals surface area contributed by atoms with Crippen molar-refractivity contribution in [1.82, 2.24) is 0 Å². The van der Waals surface area contributed by atoms with Crippen molar-refractivity contribution in [3.63, 3.8) is 0 Å². The molecule has 5 heteroatoms. The van der Waals surface area contributed by atoms with Gasteiger partial charge in [0.2, 0.25) is 0 Å². The number of rotatable bonds is 3. The number of aromatic hydroxyl groups is 1. The summed E-state index contributed by atoms with van der Waals surface area (Å²) in [6.07, 6.45) is -1.13. The van der Waals surface area contributed by atoms with E-state index in [1.54, 1.807) is 6.92 Å². The second kappa shape index (κ2) is 4.46. The molecular weight excluding hydrogens is 201 g/mol. The Labute approximate surface area is 87.1 Å². The molecule has 1 aromatic carbocycles. The van der Waals surface area contributed by atoms with Gasteiger partial charge in [-0.25, -0.2) is 4.39 Å². The Morgan fingerprint density at radius 1 is 1.47 bits per heavy atom. The molecule has 0 amide bonds. The summed E-state index contributed by atoms with van der Waals surface area (Å²) >= 11 is 0. The fourth-order valence-electron chi connectivity index (χ4n) is 1.23. The molecule has 84 valence electrons. The fourth-order valence-corrected chi connectivity index (χ4v) is 1.23. The molecule has 0 saturated heterocycles. The highest BCUT2D eigenvalue weighted by Crippen LogP contribution is 2.32. The number of aliphatic hydroxyl groups is 1. The summed E-state index contributed by atoms with van der Waals surface area (Å²) in [5.74, 6) is -0.917. The normalized spacial score (nSPS) is 14.7. The zero-order valence-corrected chi connectivity index (χ0v) is 8.57. The van der Waals surface area contributed by atoms with Gasteiger partial charge in [-0.2, -0.15) is 0 Å². The Balaban J connectivity index is 3.18. The van der Waals surface area contributed by atoms with Crippen LogP contribution in [0.15, 0.2) is 12.1 Å². The van der Waals surface area contributed by atoms with E-state index in [0.717, 1.165) is 6.07 Å². The SMILES string of the molecule is COc1cc(C(O)C(C)N)c(F)cc1O. The molecule has 2 atom stereocenters. The van der Waals surface area contributed by atoms with Gasteiger partial charge >= 0.3 is 0 Å². The first-order valence-electron chi connectivity index (χ1n) is 4.47. The summed E-state index contributed by atoms with van der Waals surface area (Å²) in [5.41, 5.74) is 5.46. The van der Waals surface area contributed by atoms with E-state index in [9.17, 15) is 14.6 Å². The van der Waals surface area contributed by atoms with E-state index < -0.39 is 18.0 Å². The standard InChI is InChI=1S/C10H14FNO3/c1-5(12)10(14)6-3-9(15-2)8(13)4-7(6)11/h3-5,10,13-14H,12H2,1-2H3. The number of hydrogen-bond donors (Lipinski definition) is 3. The minimum atomic E-state index is -1.13. The zero-order chi connectivity index (χ0) is 11.6. The zero-order valence-electron chi connectivity index (χ0n) is 8.57. The first kappa shape index (κ1) is 11.7. The monoisotopic (exact) mass is 215 g/mol. The Bertz CT molecular complexity index is 355. The molecule has 1 rings (SSSR count). The average molecular weight is 215 g/mol. The van der Waals surface area contributed by atoms with Crippen molar-refractivity contribution in [2.75, 3.05) is 7.11 Å². The number of halogens is 1. The minimum absolute atomic E-state index is 0.0136. The number of methoxy groups -OCH3 is 1. The average Bonchev–Trinajstić information content (AvgIpc) is 2.17. The van der Waals surface area contributed by atoms with E-state index in [-0.39, 0.29) is 17.1 Å². The molecule has 0 aliphatic rings. The lowest BCUT2D eigenvalue weighted by molar-refractivity contribution is 0.148. The highest BCUT2D eigenvalue weighted by molar-refractivity contribution is 5.43. The topological polar surface area (TPSA) is 75.7 Å². The van der Waals surface area contributed by atoms with E-state index >= 15 is 0 Å². The summed E-state index contributed by atoms with van der Waals surface area (Å²) in [4.78, 5) is 0. The largest absolute Gasteiger partial charge is 0.504 e. The number of nitrogens with two attached hydrogens (primary N) is 1. The van der Waals surface area contributed by atoms with Gasteiger partial charge in [0.15, 0.2) is 11.5 Å². The number of aliphatic hydroxyl groups excluding tert-OH is 1. The molecule has 0 aliphatic carbocycles. The highest BCUT2D eigenvalue weighted by atomic mass is 19.1. The fraction of sp³-hybridized carbons (Fsp3) is 0.400. The second-order valence-corrected chi connectivity index (χ2v) is 3.35. The van der Waals surface area contributed by atoms with E-state index in [1.807, 2.05) is 0 Å². The molecule has 15 heavy (non-hydrogen) atoms. The Hall–Kier alpha value is -1.33. The van der Waals surface area contributed by atoms with Crippen LogP contribution < -0.4 is 10.5 Å². The number of phenols is 1. The Kier molecular flexibility index (Phi) is 3.49. The van der Waals surface area contributed by atoms with Crippen molar-refractivity contribution >= 4 is 0 Å². The second-order valence-electron chi connectivity index (χ2n) is 3.35. The summed E-state index contributed by atoms with van der Waals surface area (Å²) in [5, 5.41) is 18.8. The number of phenolic OH excluding ortho intramolecular Hbond substituents is 1. The van der Waals surface area contributed by atoms with E-state index in [2.05, 4.69) is 0 Å². The molecule has 2 unspecified atom stereocenters. The lowest BCUT2D eigenvalue weighted by Crippen LogP contribution is -2.25. The van der Waals surface area contributed by atoms with Crippen LogP contribution in [0.25, 0.3) is 0 Å². The van der Waals surface area contributed by atoms with Crippen LogP contribution in [0, 0.1) is 5.82 Å². The molecule has 0 saturated carbocycles. The third-order valence-corrected chi connectivity index (χ3v) is 2.11. The molecule has 0 radical (unpaired) electrons. The maximum Gasteiger partial charge on any atom is 0.161 e. The van der Waals surface area contributed by atoms with Crippen molar-refractivity contribution in [2.24, 2.45) is 5.73 Å². The smallest absolute Gasteiger partial charge is 0.161 e. The molecular formula is C10H14FNO3. The van der Waals surface area contributed by atoms with Crippen molar-refractivity contribution in [3.8, 4) is 11.5 Å². The lowest BCUT2D eigenvalue weighted by Gasteiger charge is -2.16. The Morgan fingerprint density at radius 3 is 2.53 bits per heavy atom. The van der Waals surface area contributed by atoms with Crippen molar-refractivity contribution in [2.45, 2.75) is 19.1 Å². The third-order valence-electron chi connectivity index (χ3n) is 2.11. The van der Waals surface area contributed by atoms with Gasteiger partial charge in [-0.3, -0.25) is 0 Å². The van der Waals surface area contributed by atoms with Gasteiger partial charge in [0.25, 0.3) is 0 Å². The van der Waals surface area contributed by atoms with Crippen LogP contribution in [0.2, 0.25) is 0 Å². The summed E-state index contributed by atoms with van der Waals surface area (Å²) in [7, 11) is 1.34. The maximum absolute atomic E-state index is 13.3. The number of hydrogen-bond acceptors (Lipinski definition) is 4. The van der Waals surface area contributed by atoms with Gasteiger partial charge in [-0.15, -0.1) is 0 Å². The molecule has 0 aliphatic heterocycles. The predicted molar refractivity (Wildman–Crippen MR) is 53.2 cm³/mol. The van der Waals surface area contributed by atoms with Crippen molar-refractivity contribution < 1.29 is 19.3 Å². The van der Waals surface area contributed by atoms with E-state index in [4.69, 9.17) is 10.5 Å². The van der Waals surface area contributed by atoms with Crippen molar-refractivity contribution in [1.29, 1.82) is 0 Å². The molecule has 1 aromatic rings. The summed E-state index contributed by atoms with van der Waals surface area (Å²) in [6, 6.07) is 1.52. The third kappa shape index (κ3) is 2.37. The van der Waals surface area contributed by atoms with Gasteiger partial charge in [0.05, 0.1) is 13.2 Å². The van der Waals surface area contributed by atoms with E-state index in [1.165, 1.54) is 13.2 Å². The molecule has 0 fully saturated rings. The van der Waals surface area contributed by atoms with Crippen LogP contribution in [-0.2, 0) is 0 Å². The first-order chi connectivity index (χ1) is 6.97. The maximum atomic E-state index is 13.3. The van der Waals surface area contributed by atoms with E-state index in [0.29, 0.717) is 0 Å². The quantitative estimate of drug-likeness (QED) is 0.700. The molecule has 4 N–H and O–H groups in total. The molecule has 4 nitrogen and oxygen atoms in total. The van der Waals surface area contributed by atoms with Crippen LogP contribution in [0.3, 0.4) is 0 Å². The number of benzene rings is 1. The molecule has 0 aromatic heterocycles. The van der Waals surface area contributed by atoms with Gasteiger partial charge in [-0.1, -0.05) is 0 Å². The van der Waals surface area contributed by atoms with Crippen molar-refractivity contribution in [3.05, 3.63) is 23.5 Å². The van der Waals surface area contributed by atoms with Crippen LogP contribution >= 0.6 is 0 Å². The van der Waals surface area contributed by atoms with Gasteiger partial charge in [-0.05, 0) is 13.0 Å². The lowest BCUT2D eigenvalue weighted by atomic mass is 10.0. The van der Waals surface area contributed by atoms with Gasteiger partial charge in [0.1, 0.15) is 5.82 Å². The minimum Gasteiger partial charge on any atom is -0.504 e. The van der Waals surface area contributed by atoms with Crippen LogP contribution in [0.1, 0.15) is 18.6 Å². The molecule has 0 spiro atoms. The molecule has 0 heterocycles. The summed E-state index contributed by atoms with van der Waals surface area (Å²) in [6.45, 7) is 1.56. The predicted octanol–water partition coefficient (Wildman–Crippen LogP) is 0.920. The van der Waals surface area contributed by atoms with Crippen LogP contribution in [0.5, 0.6) is 11.5 Å². The number of ether oxygens (including phenoxy) is 1. The first-order valence-corrected chi connectivity index (χ1v) is 4.47.